The van der Waals surface area contributed by atoms with Gasteiger partial charge in [0.2, 0.25) is 0 Å². The SMILES string of the molecule is COCCN(CCCNC1CCCC1)CC(C)C. The first-order chi connectivity index (χ1) is 8.72. The summed E-state index contributed by atoms with van der Waals surface area (Å²) in [7, 11) is 1.79. The summed E-state index contributed by atoms with van der Waals surface area (Å²) in [4.78, 5) is 2.53. The molecule has 1 rings (SSSR count). The fourth-order valence-electron chi connectivity index (χ4n) is 2.77. The number of rotatable bonds is 10. The predicted octanol–water partition coefficient (Wildman–Crippen LogP) is 2.51. The second kappa shape index (κ2) is 9.76. The third-order valence-electron chi connectivity index (χ3n) is 3.67. The lowest BCUT2D eigenvalue weighted by atomic mass is 10.2. The number of methoxy groups -OCH3 is 1. The second-order valence-electron chi connectivity index (χ2n) is 5.98. The van der Waals surface area contributed by atoms with Crippen molar-refractivity contribution in [3.05, 3.63) is 0 Å². The van der Waals surface area contributed by atoms with Gasteiger partial charge in [-0.1, -0.05) is 26.7 Å². The van der Waals surface area contributed by atoms with Crippen molar-refractivity contribution in [3.8, 4) is 0 Å². The van der Waals surface area contributed by atoms with Gasteiger partial charge in [-0.05, 0) is 38.3 Å². The van der Waals surface area contributed by atoms with E-state index in [1.54, 1.807) is 7.11 Å². The fourth-order valence-corrected chi connectivity index (χ4v) is 2.77. The molecule has 3 heteroatoms. The lowest BCUT2D eigenvalue weighted by Gasteiger charge is -2.24. The molecular formula is C15H32N2O. The van der Waals surface area contributed by atoms with Gasteiger partial charge in [-0.15, -0.1) is 0 Å². The third-order valence-corrected chi connectivity index (χ3v) is 3.67. The van der Waals surface area contributed by atoms with Gasteiger partial charge in [0.05, 0.1) is 6.61 Å². The van der Waals surface area contributed by atoms with Crippen LogP contribution < -0.4 is 5.32 Å². The maximum absolute atomic E-state index is 5.18. The summed E-state index contributed by atoms with van der Waals surface area (Å²) in [5.74, 6) is 0.740. The van der Waals surface area contributed by atoms with Gasteiger partial charge in [-0.3, -0.25) is 0 Å². The molecule has 3 nitrogen and oxygen atoms in total. The van der Waals surface area contributed by atoms with Crippen LogP contribution in [0.25, 0.3) is 0 Å². The van der Waals surface area contributed by atoms with Crippen LogP contribution in [0.2, 0.25) is 0 Å². The van der Waals surface area contributed by atoms with Gasteiger partial charge in [-0.2, -0.15) is 0 Å². The Morgan fingerprint density at radius 2 is 1.94 bits per heavy atom. The molecule has 1 saturated carbocycles. The van der Waals surface area contributed by atoms with Crippen molar-refractivity contribution in [2.24, 2.45) is 5.92 Å². The molecule has 0 saturated heterocycles. The van der Waals surface area contributed by atoms with Crippen LogP contribution in [-0.2, 0) is 4.74 Å². The molecular weight excluding hydrogens is 224 g/mol. The van der Waals surface area contributed by atoms with E-state index >= 15 is 0 Å². The summed E-state index contributed by atoms with van der Waals surface area (Å²) in [6.07, 6.45) is 6.88. The summed E-state index contributed by atoms with van der Waals surface area (Å²) in [5.41, 5.74) is 0. The van der Waals surface area contributed by atoms with E-state index in [1.807, 2.05) is 0 Å². The van der Waals surface area contributed by atoms with Crippen LogP contribution in [0, 0.1) is 5.92 Å². The zero-order chi connectivity index (χ0) is 13.2. The highest BCUT2D eigenvalue weighted by Gasteiger charge is 2.13. The van der Waals surface area contributed by atoms with E-state index < -0.39 is 0 Å². The van der Waals surface area contributed by atoms with Gasteiger partial charge in [0.15, 0.2) is 0 Å². The van der Waals surface area contributed by atoms with E-state index in [4.69, 9.17) is 4.74 Å². The van der Waals surface area contributed by atoms with E-state index in [-0.39, 0.29) is 0 Å². The Balaban J connectivity index is 2.07. The second-order valence-corrected chi connectivity index (χ2v) is 5.98. The Morgan fingerprint density at radius 3 is 2.56 bits per heavy atom. The molecule has 0 unspecified atom stereocenters. The summed E-state index contributed by atoms with van der Waals surface area (Å²) in [6, 6.07) is 0.808. The van der Waals surface area contributed by atoms with Gasteiger partial charge >= 0.3 is 0 Å². The zero-order valence-corrected chi connectivity index (χ0v) is 12.6. The van der Waals surface area contributed by atoms with Crippen molar-refractivity contribution in [3.63, 3.8) is 0 Å². The van der Waals surface area contributed by atoms with Gasteiger partial charge in [0.25, 0.3) is 0 Å². The van der Waals surface area contributed by atoms with E-state index in [1.165, 1.54) is 51.7 Å². The summed E-state index contributed by atoms with van der Waals surface area (Å²) in [5, 5.41) is 3.69. The molecule has 1 N–H and O–H groups in total. The highest BCUT2D eigenvalue weighted by molar-refractivity contribution is 4.73. The Hall–Kier alpha value is -0.120. The first-order valence-corrected chi connectivity index (χ1v) is 7.67. The van der Waals surface area contributed by atoms with Crippen LogP contribution in [0.5, 0.6) is 0 Å². The highest BCUT2D eigenvalue weighted by atomic mass is 16.5. The average molecular weight is 256 g/mol. The molecule has 1 aliphatic rings. The molecule has 1 aliphatic carbocycles. The molecule has 0 radical (unpaired) electrons. The number of hydrogen-bond acceptors (Lipinski definition) is 3. The molecule has 0 amide bonds. The number of hydrogen-bond donors (Lipinski definition) is 1. The van der Waals surface area contributed by atoms with E-state index in [2.05, 4.69) is 24.1 Å². The molecule has 0 aromatic heterocycles. The fraction of sp³-hybridized carbons (Fsp3) is 1.00. The molecule has 0 aliphatic heterocycles. The van der Waals surface area contributed by atoms with Crippen molar-refractivity contribution in [2.45, 2.75) is 52.0 Å². The first kappa shape index (κ1) is 15.9. The van der Waals surface area contributed by atoms with Crippen molar-refractivity contribution in [1.82, 2.24) is 10.2 Å². The quantitative estimate of drug-likeness (QED) is 0.608. The number of nitrogens with zero attached hydrogens (tertiary/aromatic N) is 1. The molecule has 108 valence electrons. The Labute approximate surface area is 113 Å². The average Bonchev–Trinajstić information content (AvgIpc) is 2.83. The lowest BCUT2D eigenvalue weighted by Crippen LogP contribution is -2.34. The molecule has 1 fully saturated rings. The number of nitrogens with one attached hydrogen (secondary N) is 1. The van der Waals surface area contributed by atoms with E-state index in [0.717, 1.165) is 25.1 Å². The highest BCUT2D eigenvalue weighted by Crippen LogP contribution is 2.17. The lowest BCUT2D eigenvalue weighted by molar-refractivity contribution is 0.139. The van der Waals surface area contributed by atoms with Crippen LogP contribution in [-0.4, -0.2) is 50.8 Å². The third kappa shape index (κ3) is 7.34. The zero-order valence-electron chi connectivity index (χ0n) is 12.6. The smallest absolute Gasteiger partial charge is 0.0589 e. The minimum absolute atomic E-state index is 0.740. The van der Waals surface area contributed by atoms with Gasteiger partial charge in [0, 0.05) is 26.2 Å². The van der Waals surface area contributed by atoms with Gasteiger partial charge in [-0.25, -0.2) is 0 Å². The molecule has 18 heavy (non-hydrogen) atoms. The van der Waals surface area contributed by atoms with Crippen LogP contribution in [0.15, 0.2) is 0 Å². The normalized spacial score (nSPS) is 17.2. The molecule has 0 bridgehead atoms. The van der Waals surface area contributed by atoms with E-state index in [9.17, 15) is 0 Å². The molecule has 0 heterocycles. The Morgan fingerprint density at radius 1 is 1.22 bits per heavy atom. The minimum atomic E-state index is 0.740. The maximum atomic E-state index is 5.18. The Kier molecular flexibility index (Phi) is 8.64. The van der Waals surface area contributed by atoms with Crippen molar-refractivity contribution in [2.75, 3.05) is 39.9 Å². The topological polar surface area (TPSA) is 24.5 Å². The standard InChI is InChI=1S/C15H32N2O/c1-14(2)13-17(11-12-18-3)10-6-9-16-15-7-4-5-8-15/h14-16H,4-13H2,1-3H3. The van der Waals surface area contributed by atoms with Crippen LogP contribution in [0.1, 0.15) is 46.0 Å². The summed E-state index contributed by atoms with van der Waals surface area (Å²) >= 11 is 0. The maximum Gasteiger partial charge on any atom is 0.0589 e. The molecule has 0 spiro atoms. The molecule has 0 aromatic rings. The minimum Gasteiger partial charge on any atom is -0.383 e. The van der Waals surface area contributed by atoms with Crippen LogP contribution in [0.3, 0.4) is 0 Å². The van der Waals surface area contributed by atoms with Gasteiger partial charge in [0.1, 0.15) is 0 Å². The van der Waals surface area contributed by atoms with Crippen LogP contribution in [0.4, 0.5) is 0 Å². The molecule has 0 atom stereocenters. The predicted molar refractivity (Wildman–Crippen MR) is 78.0 cm³/mol. The largest absolute Gasteiger partial charge is 0.383 e. The summed E-state index contributed by atoms with van der Waals surface area (Å²) in [6.45, 7) is 10.0. The van der Waals surface area contributed by atoms with Crippen molar-refractivity contribution in [1.29, 1.82) is 0 Å². The van der Waals surface area contributed by atoms with Gasteiger partial charge < -0.3 is 15.0 Å². The van der Waals surface area contributed by atoms with E-state index in [0.29, 0.717) is 0 Å². The number of ether oxygens (including phenoxy) is 1. The van der Waals surface area contributed by atoms with Crippen LogP contribution >= 0.6 is 0 Å². The first-order valence-electron chi connectivity index (χ1n) is 7.67. The van der Waals surface area contributed by atoms with Crippen molar-refractivity contribution >= 4 is 0 Å². The van der Waals surface area contributed by atoms with Crippen molar-refractivity contribution < 1.29 is 4.74 Å². The Bertz CT molecular complexity index is 191. The monoisotopic (exact) mass is 256 g/mol. The summed E-state index contributed by atoms with van der Waals surface area (Å²) < 4.78 is 5.18. The molecule has 0 aromatic carbocycles.